The van der Waals surface area contributed by atoms with Crippen LogP contribution in [0.4, 0.5) is 5.82 Å². The lowest BCUT2D eigenvalue weighted by Gasteiger charge is -2.40. The number of hydrogen-bond donors (Lipinski definition) is 1. The minimum Gasteiger partial charge on any atom is -0.356 e. The Labute approximate surface area is 116 Å². The largest absolute Gasteiger partial charge is 0.356 e. The number of pyridine rings is 1. The fourth-order valence-electron chi connectivity index (χ4n) is 3.89. The van der Waals surface area contributed by atoms with Gasteiger partial charge in [0, 0.05) is 25.8 Å². The van der Waals surface area contributed by atoms with Crippen LogP contribution < -0.4 is 10.6 Å². The molecule has 1 spiro atoms. The van der Waals surface area contributed by atoms with Gasteiger partial charge in [0.15, 0.2) is 0 Å². The van der Waals surface area contributed by atoms with Crippen LogP contribution in [0.1, 0.15) is 49.7 Å². The topological polar surface area (TPSA) is 42.1 Å². The molecule has 104 valence electrons. The molecule has 1 aliphatic carbocycles. The van der Waals surface area contributed by atoms with Gasteiger partial charge >= 0.3 is 0 Å². The summed E-state index contributed by atoms with van der Waals surface area (Å²) in [5.41, 5.74) is 8.75. The predicted molar refractivity (Wildman–Crippen MR) is 79.2 cm³/mol. The molecule has 1 saturated carbocycles. The SMILES string of the molecule is Cc1cc(CN)cnc1N1CCC2(CCCC2)CC1. The number of aromatic nitrogens is 1. The van der Waals surface area contributed by atoms with E-state index in [0.717, 1.165) is 5.56 Å². The van der Waals surface area contributed by atoms with E-state index < -0.39 is 0 Å². The van der Waals surface area contributed by atoms with Crippen molar-refractivity contribution in [1.82, 2.24) is 4.98 Å². The summed E-state index contributed by atoms with van der Waals surface area (Å²) in [6.45, 7) is 5.09. The second kappa shape index (κ2) is 5.12. The van der Waals surface area contributed by atoms with E-state index in [9.17, 15) is 0 Å². The molecule has 3 nitrogen and oxygen atoms in total. The first-order valence-corrected chi connectivity index (χ1v) is 7.63. The number of hydrogen-bond acceptors (Lipinski definition) is 3. The third-order valence-corrected chi connectivity index (χ3v) is 5.13. The average molecular weight is 259 g/mol. The van der Waals surface area contributed by atoms with Gasteiger partial charge in [0.05, 0.1) is 0 Å². The number of nitrogens with two attached hydrogens (primary N) is 1. The van der Waals surface area contributed by atoms with Crippen LogP contribution in [0, 0.1) is 12.3 Å². The summed E-state index contributed by atoms with van der Waals surface area (Å²) < 4.78 is 0. The Balaban J connectivity index is 1.71. The lowest BCUT2D eigenvalue weighted by atomic mass is 9.77. The zero-order chi connectivity index (χ0) is 13.3. The van der Waals surface area contributed by atoms with Gasteiger partial charge in [-0.05, 0) is 55.2 Å². The van der Waals surface area contributed by atoms with Gasteiger partial charge in [0.1, 0.15) is 5.82 Å². The van der Waals surface area contributed by atoms with Crippen LogP contribution in [0.2, 0.25) is 0 Å². The lowest BCUT2D eigenvalue weighted by molar-refractivity contribution is 0.226. The van der Waals surface area contributed by atoms with Crippen molar-refractivity contribution in [3.63, 3.8) is 0 Å². The normalized spacial score (nSPS) is 22.1. The van der Waals surface area contributed by atoms with Crippen molar-refractivity contribution in [3.05, 3.63) is 23.4 Å². The van der Waals surface area contributed by atoms with Crippen LogP contribution in [-0.2, 0) is 6.54 Å². The van der Waals surface area contributed by atoms with Crippen molar-refractivity contribution in [2.45, 2.75) is 52.0 Å². The highest BCUT2D eigenvalue weighted by atomic mass is 15.2. The highest BCUT2D eigenvalue weighted by molar-refractivity contribution is 5.47. The predicted octanol–water partition coefficient (Wildman–Crippen LogP) is 3.01. The van der Waals surface area contributed by atoms with Crippen molar-refractivity contribution >= 4 is 5.82 Å². The van der Waals surface area contributed by atoms with Crippen molar-refractivity contribution in [3.8, 4) is 0 Å². The Bertz CT molecular complexity index is 439. The van der Waals surface area contributed by atoms with Crippen LogP contribution in [0.3, 0.4) is 0 Å². The number of rotatable bonds is 2. The molecule has 2 fully saturated rings. The quantitative estimate of drug-likeness (QED) is 0.887. The molecule has 2 N–H and O–H groups in total. The van der Waals surface area contributed by atoms with Crippen molar-refractivity contribution < 1.29 is 0 Å². The first-order chi connectivity index (χ1) is 9.22. The molecule has 1 aliphatic heterocycles. The summed E-state index contributed by atoms with van der Waals surface area (Å²) in [5.74, 6) is 1.17. The highest BCUT2D eigenvalue weighted by Gasteiger charge is 2.37. The van der Waals surface area contributed by atoms with Gasteiger partial charge < -0.3 is 10.6 Å². The van der Waals surface area contributed by atoms with Gasteiger partial charge in [-0.2, -0.15) is 0 Å². The van der Waals surface area contributed by atoms with Gasteiger partial charge in [-0.25, -0.2) is 4.98 Å². The Kier molecular flexibility index (Phi) is 3.48. The first-order valence-electron chi connectivity index (χ1n) is 7.63. The monoisotopic (exact) mass is 259 g/mol. The number of nitrogens with zero attached hydrogens (tertiary/aromatic N) is 2. The van der Waals surface area contributed by atoms with E-state index in [1.165, 1.54) is 63.0 Å². The summed E-state index contributed by atoms with van der Waals surface area (Å²) in [6.07, 6.45) is 10.4. The Morgan fingerprint density at radius 2 is 1.89 bits per heavy atom. The fraction of sp³-hybridized carbons (Fsp3) is 0.688. The van der Waals surface area contributed by atoms with E-state index in [-0.39, 0.29) is 0 Å². The molecule has 0 radical (unpaired) electrons. The zero-order valence-corrected chi connectivity index (χ0v) is 12.0. The Hall–Kier alpha value is -1.09. The van der Waals surface area contributed by atoms with E-state index in [2.05, 4.69) is 22.9 Å². The maximum absolute atomic E-state index is 5.67. The summed E-state index contributed by atoms with van der Waals surface area (Å²) in [4.78, 5) is 7.11. The van der Waals surface area contributed by atoms with Crippen molar-refractivity contribution in [1.29, 1.82) is 0 Å². The molecule has 2 heterocycles. The second-order valence-corrected chi connectivity index (χ2v) is 6.38. The van der Waals surface area contributed by atoms with Crippen molar-refractivity contribution in [2.75, 3.05) is 18.0 Å². The molecule has 0 unspecified atom stereocenters. The molecule has 1 aromatic rings. The molecule has 3 heteroatoms. The number of aryl methyl sites for hydroxylation is 1. The van der Waals surface area contributed by atoms with Crippen LogP contribution in [0.5, 0.6) is 0 Å². The van der Waals surface area contributed by atoms with E-state index in [4.69, 9.17) is 5.73 Å². The summed E-state index contributed by atoms with van der Waals surface area (Å²) in [5, 5.41) is 0. The molecule has 0 bridgehead atoms. The molecule has 0 aromatic carbocycles. The first kappa shape index (κ1) is 12.9. The highest BCUT2D eigenvalue weighted by Crippen LogP contribution is 2.46. The molecule has 19 heavy (non-hydrogen) atoms. The minimum atomic E-state index is 0.581. The maximum atomic E-state index is 5.67. The smallest absolute Gasteiger partial charge is 0.131 e. The van der Waals surface area contributed by atoms with E-state index in [0.29, 0.717) is 12.0 Å². The number of piperidine rings is 1. The van der Waals surface area contributed by atoms with Crippen LogP contribution in [0.15, 0.2) is 12.3 Å². The van der Waals surface area contributed by atoms with Crippen LogP contribution in [0.25, 0.3) is 0 Å². The van der Waals surface area contributed by atoms with Gasteiger partial charge in [-0.15, -0.1) is 0 Å². The van der Waals surface area contributed by atoms with E-state index >= 15 is 0 Å². The Morgan fingerprint density at radius 3 is 2.47 bits per heavy atom. The van der Waals surface area contributed by atoms with Crippen molar-refractivity contribution in [2.24, 2.45) is 11.1 Å². The van der Waals surface area contributed by atoms with Gasteiger partial charge in [-0.3, -0.25) is 0 Å². The van der Waals surface area contributed by atoms with Gasteiger partial charge in [0.2, 0.25) is 0 Å². The molecule has 2 aliphatic rings. The van der Waals surface area contributed by atoms with E-state index in [1.54, 1.807) is 0 Å². The summed E-state index contributed by atoms with van der Waals surface area (Å²) >= 11 is 0. The average Bonchev–Trinajstić information content (AvgIpc) is 2.88. The van der Waals surface area contributed by atoms with Crippen LogP contribution in [-0.4, -0.2) is 18.1 Å². The molecule has 0 atom stereocenters. The van der Waals surface area contributed by atoms with E-state index in [1.807, 2.05) is 6.20 Å². The third kappa shape index (κ3) is 2.48. The summed E-state index contributed by atoms with van der Waals surface area (Å²) in [6, 6.07) is 2.18. The zero-order valence-electron chi connectivity index (χ0n) is 12.0. The molecular formula is C16H25N3. The maximum Gasteiger partial charge on any atom is 0.131 e. The second-order valence-electron chi connectivity index (χ2n) is 6.38. The lowest BCUT2D eigenvalue weighted by Crippen LogP contribution is -2.39. The molecule has 3 rings (SSSR count). The van der Waals surface area contributed by atoms with Gasteiger partial charge in [-0.1, -0.05) is 12.8 Å². The fourth-order valence-corrected chi connectivity index (χ4v) is 3.89. The molecule has 1 saturated heterocycles. The summed E-state index contributed by atoms with van der Waals surface area (Å²) in [7, 11) is 0. The van der Waals surface area contributed by atoms with Crippen LogP contribution >= 0.6 is 0 Å². The molecular weight excluding hydrogens is 234 g/mol. The molecule has 1 aromatic heterocycles. The van der Waals surface area contributed by atoms with Gasteiger partial charge in [0.25, 0.3) is 0 Å². The Morgan fingerprint density at radius 1 is 1.21 bits per heavy atom. The molecule has 0 amide bonds. The number of anilines is 1. The minimum absolute atomic E-state index is 0.581. The third-order valence-electron chi connectivity index (χ3n) is 5.13. The standard InChI is InChI=1S/C16H25N3/c1-13-10-14(11-17)12-18-15(13)19-8-6-16(7-9-19)4-2-3-5-16/h10,12H,2-9,11,17H2,1H3.